The van der Waals surface area contributed by atoms with Crippen LogP contribution in [0, 0.1) is 34.5 Å². The Morgan fingerprint density at radius 2 is 1.82 bits per heavy atom. The highest BCUT2D eigenvalue weighted by Crippen LogP contribution is 2.69. The topological polar surface area (TPSA) is 33.6 Å². The van der Waals surface area contributed by atoms with Gasteiger partial charge >= 0.3 is 0 Å². The highest BCUT2D eigenvalue weighted by Gasteiger charge is 2.61. The molecule has 182 valence electrons. The van der Waals surface area contributed by atoms with E-state index in [4.69, 9.17) is 16.6 Å². The molecule has 6 rings (SSSR count). The molecular weight excluding hydrogens is 416 g/mol. The van der Waals surface area contributed by atoms with Gasteiger partial charge in [0.15, 0.2) is 0 Å². The largest absolute Gasteiger partial charge is 0.391 e. The zero-order chi connectivity index (χ0) is 23.5. The fraction of sp³-hybridized carbons (Fsp3) is 0.645. The Balaban J connectivity index is 1.36. The van der Waals surface area contributed by atoms with Gasteiger partial charge in [-0.15, -0.1) is 0 Å². The number of nitrogens with zero attached hydrogens (tertiary/aromatic N) is 1. The van der Waals surface area contributed by atoms with E-state index in [1.165, 1.54) is 60.9 Å². The second kappa shape index (κ2) is 8.36. The number of rotatable bonds is 3. The predicted molar refractivity (Wildman–Crippen MR) is 140 cm³/mol. The Bertz CT molecular complexity index is 992. The fourth-order valence-electron chi connectivity index (χ4n) is 9.14. The SMILES string of the molecule is C=C1CC2C(CC[C@]3(C)C(=C)CCC23)[C@@]2(C)CCC(=NOC3CCNC3)C(c3ccccc3)C12. The summed E-state index contributed by atoms with van der Waals surface area (Å²) in [5.74, 6) is 3.07. The quantitative estimate of drug-likeness (QED) is 0.396. The van der Waals surface area contributed by atoms with Gasteiger partial charge in [0.2, 0.25) is 0 Å². The van der Waals surface area contributed by atoms with Gasteiger partial charge in [0.1, 0.15) is 6.10 Å². The van der Waals surface area contributed by atoms with E-state index in [1.54, 1.807) is 0 Å². The Morgan fingerprint density at radius 3 is 2.59 bits per heavy atom. The molecule has 1 N–H and O–H groups in total. The van der Waals surface area contributed by atoms with Crippen LogP contribution >= 0.6 is 0 Å². The van der Waals surface area contributed by atoms with E-state index in [2.05, 4.69) is 56.1 Å². The molecule has 3 heteroatoms. The fourth-order valence-corrected chi connectivity index (χ4v) is 9.14. The maximum atomic E-state index is 6.12. The van der Waals surface area contributed by atoms with Gasteiger partial charge in [0.25, 0.3) is 0 Å². The molecule has 0 aromatic heterocycles. The molecule has 4 saturated carbocycles. The lowest BCUT2D eigenvalue weighted by Crippen LogP contribution is -2.55. The first-order valence-electron chi connectivity index (χ1n) is 13.8. The summed E-state index contributed by atoms with van der Waals surface area (Å²) in [7, 11) is 0. The van der Waals surface area contributed by atoms with Gasteiger partial charge in [-0.3, -0.25) is 0 Å². The second-order valence-corrected chi connectivity index (χ2v) is 12.5. The van der Waals surface area contributed by atoms with Crippen molar-refractivity contribution < 1.29 is 4.84 Å². The van der Waals surface area contributed by atoms with Crippen LogP contribution in [0.25, 0.3) is 0 Å². The van der Waals surface area contributed by atoms with E-state index in [-0.39, 0.29) is 17.4 Å². The van der Waals surface area contributed by atoms with E-state index in [0.717, 1.165) is 43.7 Å². The van der Waals surface area contributed by atoms with Gasteiger partial charge in [-0.25, -0.2) is 0 Å². The van der Waals surface area contributed by atoms with E-state index in [9.17, 15) is 0 Å². The minimum atomic E-state index is 0.211. The highest BCUT2D eigenvalue weighted by atomic mass is 16.6. The number of allylic oxidation sites excluding steroid dienone is 2. The Hall–Kier alpha value is -1.87. The summed E-state index contributed by atoms with van der Waals surface area (Å²) in [4.78, 5) is 6.12. The summed E-state index contributed by atoms with van der Waals surface area (Å²) in [6.07, 6.45) is 9.92. The third-order valence-electron chi connectivity index (χ3n) is 11.0. The van der Waals surface area contributed by atoms with Gasteiger partial charge in [-0.1, -0.05) is 73.6 Å². The van der Waals surface area contributed by atoms with Gasteiger partial charge in [0.05, 0.1) is 5.71 Å². The number of hydrogen-bond donors (Lipinski definition) is 1. The van der Waals surface area contributed by atoms with Crippen molar-refractivity contribution in [3.05, 3.63) is 60.2 Å². The molecule has 0 spiro atoms. The molecule has 1 aromatic rings. The standard InChI is InChI=1S/C31H42N2O/c1-20-18-24-25-11-10-21(2)30(25,3)15-12-26(24)31(4)16-13-27(33-34-23-14-17-32-19-23)28(29(20)31)22-8-6-5-7-9-22/h5-9,23-26,28-29,32H,1-2,10-19H2,3-4H3/t23?,24?,25?,26?,28?,29?,30-,31-/m1/s1. The third kappa shape index (κ3) is 3.37. The molecule has 1 saturated heterocycles. The molecule has 1 heterocycles. The van der Waals surface area contributed by atoms with Crippen LogP contribution in [-0.4, -0.2) is 24.9 Å². The number of benzene rings is 1. The molecular formula is C31H42N2O. The van der Waals surface area contributed by atoms with Crippen LogP contribution in [0.1, 0.15) is 76.7 Å². The molecule has 1 aliphatic heterocycles. The van der Waals surface area contributed by atoms with Crippen LogP contribution in [0.4, 0.5) is 0 Å². The minimum Gasteiger partial charge on any atom is -0.391 e. The average Bonchev–Trinajstić information content (AvgIpc) is 3.46. The van der Waals surface area contributed by atoms with Gasteiger partial charge in [-0.2, -0.15) is 0 Å². The van der Waals surface area contributed by atoms with Crippen molar-refractivity contribution >= 4 is 5.71 Å². The normalized spacial score (nSPS) is 45.1. The zero-order valence-electron chi connectivity index (χ0n) is 21.2. The predicted octanol–water partition coefficient (Wildman–Crippen LogP) is 6.88. The van der Waals surface area contributed by atoms with Crippen molar-refractivity contribution in [3.63, 3.8) is 0 Å². The van der Waals surface area contributed by atoms with Gasteiger partial charge < -0.3 is 10.2 Å². The smallest absolute Gasteiger partial charge is 0.141 e. The number of fused-ring (bicyclic) bond motifs is 5. The minimum absolute atomic E-state index is 0.211. The first-order valence-corrected chi connectivity index (χ1v) is 13.8. The van der Waals surface area contributed by atoms with E-state index >= 15 is 0 Å². The molecule has 34 heavy (non-hydrogen) atoms. The number of oxime groups is 1. The maximum Gasteiger partial charge on any atom is 0.141 e. The summed E-state index contributed by atoms with van der Waals surface area (Å²) in [6, 6.07) is 11.1. The molecule has 5 aliphatic rings. The van der Waals surface area contributed by atoms with Crippen LogP contribution < -0.4 is 5.32 Å². The molecule has 0 amide bonds. The summed E-state index contributed by atoms with van der Waals surface area (Å²) in [6.45, 7) is 16.4. The average molecular weight is 459 g/mol. The monoisotopic (exact) mass is 458 g/mol. The summed E-state index contributed by atoms with van der Waals surface area (Å²) >= 11 is 0. The van der Waals surface area contributed by atoms with Crippen LogP contribution in [0.15, 0.2) is 59.8 Å². The van der Waals surface area contributed by atoms with Gasteiger partial charge in [0, 0.05) is 18.9 Å². The molecule has 6 unspecified atom stereocenters. The Morgan fingerprint density at radius 1 is 1.00 bits per heavy atom. The molecule has 3 nitrogen and oxygen atoms in total. The Labute approximate surface area is 206 Å². The molecule has 4 aliphatic carbocycles. The highest BCUT2D eigenvalue weighted by molar-refractivity contribution is 5.92. The first kappa shape index (κ1) is 22.6. The van der Waals surface area contributed by atoms with Crippen molar-refractivity contribution in [2.24, 2.45) is 39.7 Å². The summed E-state index contributed by atoms with van der Waals surface area (Å²) in [5.41, 5.74) is 6.25. The lowest BCUT2D eigenvalue weighted by Gasteiger charge is -2.62. The van der Waals surface area contributed by atoms with E-state index in [0.29, 0.717) is 11.3 Å². The molecule has 0 radical (unpaired) electrons. The first-order chi connectivity index (χ1) is 16.4. The van der Waals surface area contributed by atoms with Crippen LogP contribution in [0.3, 0.4) is 0 Å². The molecule has 5 fully saturated rings. The molecule has 0 bridgehead atoms. The van der Waals surface area contributed by atoms with Crippen LogP contribution in [-0.2, 0) is 4.84 Å². The second-order valence-electron chi connectivity index (χ2n) is 12.5. The molecule has 8 atom stereocenters. The van der Waals surface area contributed by atoms with Gasteiger partial charge in [-0.05, 0) is 91.6 Å². The number of hydrogen-bond acceptors (Lipinski definition) is 3. The third-order valence-corrected chi connectivity index (χ3v) is 11.0. The summed E-state index contributed by atoms with van der Waals surface area (Å²) in [5, 5.41) is 8.28. The lowest BCUT2D eigenvalue weighted by molar-refractivity contribution is -0.0669. The Kier molecular flexibility index (Phi) is 5.56. The van der Waals surface area contributed by atoms with Crippen LogP contribution in [0.5, 0.6) is 0 Å². The van der Waals surface area contributed by atoms with E-state index in [1.807, 2.05) is 0 Å². The number of nitrogens with one attached hydrogen (secondary N) is 1. The van der Waals surface area contributed by atoms with Crippen molar-refractivity contribution in [2.75, 3.05) is 13.1 Å². The van der Waals surface area contributed by atoms with Crippen LogP contribution in [0.2, 0.25) is 0 Å². The molecule has 1 aromatic carbocycles. The van der Waals surface area contributed by atoms with Crippen molar-refractivity contribution in [1.82, 2.24) is 5.32 Å². The lowest BCUT2D eigenvalue weighted by atomic mass is 9.42. The van der Waals surface area contributed by atoms with Crippen molar-refractivity contribution in [3.8, 4) is 0 Å². The maximum absolute atomic E-state index is 6.12. The van der Waals surface area contributed by atoms with E-state index < -0.39 is 0 Å². The van der Waals surface area contributed by atoms with Crippen molar-refractivity contribution in [2.45, 2.75) is 77.2 Å². The zero-order valence-corrected chi connectivity index (χ0v) is 21.2. The van der Waals surface area contributed by atoms with Crippen molar-refractivity contribution in [1.29, 1.82) is 0 Å². The summed E-state index contributed by atoms with van der Waals surface area (Å²) < 4.78 is 0.